The lowest BCUT2D eigenvalue weighted by molar-refractivity contribution is -0.160. The lowest BCUT2D eigenvalue weighted by Crippen LogP contribution is -2.54. The summed E-state index contributed by atoms with van der Waals surface area (Å²) in [5, 5.41) is 12.8. The standard InChI is InChI=1S/C25H29Cl2NO5S/c1-14(2)12-25(23(31)32)13-16(22(30)33-24(3,4)5)20(19-7-6-10-34-19)28(25)21(29)15-8-9-17(26)18(27)11-15/h6-11,14,16,20H,12-13H2,1-5H3,(H,31,32). The number of thiophene rings is 1. The van der Waals surface area contributed by atoms with E-state index < -0.39 is 40.9 Å². The van der Waals surface area contributed by atoms with Gasteiger partial charge in [-0.25, -0.2) is 4.79 Å². The summed E-state index contributed by atoms with van der Waals surface area (Å²) in [6, 6.07) is 7.29. The Kier molecular flexibility index (Phi) is 7.70. The number of nitrogens with zero attached hydrogens (tertiary/aromatic N) is 1. The SMILES string of the molecule is CC(C)CC1(C(=O)O)CC(C(=O)OC(C)(C)C)C(c2cccs2)N1C(=O)c1ccc(Cl)c(Cl)c1. The molecule has 3 atom stereocenters. The number of amides is 1. The summed E-state index contributed by atoms with van der Waals surface area (Å²) in [5.74, 6) is -3.10. The van der Waals surface area contributed by atoms with Gasteiger partial charge in [0.15, 0.2) is 0 Å². The van der Waals surface area contributed by atoms with E-state index >= 15 is 0 Å². The molecular formula is C25H29Cl2NO5S. The zero-order chi connectivity index (χ0) is 25.4. The molecule has 2 aromatic rings. The van der Waals surface area contributed by atoms with Gasteiger partial charge in [-0.1, -0.05) is 43.1 Å². The number of halogens is 2. The van der Waals surface area contributed by atoms with Crippen molar-refractivity contribution in [3.05, 3.63) is 56.2 Å². The van der Waals surface area contributed by atoms with Crippen molar-refractivity contribution in [2.75, 3.05) is 0 Å². The largest absolute Gasteiger partial charge is 0.479 e. The highest BCUT2D eigenvalue weighted by Crippen LogP contribution is 2.52. The Morgan fingerprint density at radius 2 is 1.88 bits per heavy atom. The van der Waals surface area contributed by atoms with Crippen molar-refractivity contribution in [1.29, 1.82) is 0 Å². The van der Waals surface area contributed by atoms with Gasteiger partial charge in [0.2, 0.25) is 0 Å². The first-order valence-corrected chi connectivity index (χ1v) is 12.7. The first kappa shape index (κ1) is 26.5. The van der Waals surface area contributed by atoms with Crippen molar-refractivity contribution in [2.24, 2.45) is 11.8 Å². The average Bonchev–Trinajstić information content (AvgIpc) is 3.34. The normalized spacial score (nSPS) is 22.8. The number of carboxylic acids is 1. The maximum absolute atomic E-state index is 14.0. The minimum atomic E-state index is -1.60. The van der Waals surface area contributed by atoms with Gasteiger partial charge >= 0.3 is 11.9 Å². The molecule has 1 aromatic carbocycles. The number of hydrogen-bond donors (Lipinski definition) is 1. The highest BCUT2D eigenvalue weighted by molar-refractivity contribution is 7.10. The van der Waals surface area contributed by atoms with E-state index in [1.807, 2.05) is 31.4 Å². The van der Waals surface area contributed by atoms with Gasteiger partial charge in [-0.3, -0.25) is 9.59 Å². The summed E-state index contributed by atoms with van der Waals surface area (Å²) in [4.78, 5) is 42.4. The number of carbonyl (C=O) groups excluding carboxylic acids is 2. The highest BCUT2D eigenvalue weighted by atomic mass is 35.5. The van der Waals surface area contributed by atoms with Crippen LogP contribution in [0.1, 0.15) is 68.7 Å². The number of rotatable bonds is 6. The molecule has 1 aromatic heterocycles. The molecule has 0 saturated carbocycles. The van der Waals surface area contributed by atoms with Gasteiger partial charge in [0.1, 0.15) is 11.1 Å². The number of benzene rings is 1. The van der Waals surface area contributed by atoms with Crippen LogP contribution in [-0.4, -0.2) is 39.0 Å². The van der Waals surface area contributed by atoms with E-state index in [0.717, 1.165) is 4.88 Å². The Labute approximate surface area is 213 Å². The van der Waals surface area contributed by atoms with Crippen LogP contribution < -0.4 is 0 Å². The fourth-order valence-electron chi connectivity index (χ4n) is 4.62. The van der Waals surface area contributed by atoms with Crippen LogP contribution >= 0.6 is 34.5 Å². The van der Waals surface area contributed by atoms with E-state index in [9.17, 15) is 19.5 Å². The molecule has 3 rings (SSSR count). The zero-order valence-corrected chi connectivity index (χ0v) is 22.1. The van der Waals surface area contributed by atoms with Crippen molar-refractivity contribution in [3.8, 4) is 0 Å². The van der Waals surface area contributed by atoms with Gasteiger partial charge < -0.3 is 14.7 Å². The summed E-state index contributed by atoms with van der Waals surface area (Å²) in [5.41, 5.74) is -2.16. The molecule has 184 valence electrons. The van der Waals surface area contributed by atoms with Crippen LogP contribution in [0.25, 0.3) is 0 Å². The molecule has 1 amide bonds. The van der Waals surface area contributed by atoms with E-state index in [2.05, 4.69) is 0 Å². The Morgan fingerprint density at radius 3 is 2.38 bits per heavy atom. The number of ether oxygens (including phenoxy) is 1. The van der Waals surface area contributed by atoms with Gasteiger partial charge in [0.05, 0.1) is 22.0 Å². The van der Waals surface area contributed by atoms with Crippen molar-refractivity contribution < 1.29 is 24.2 Å². The molecule has 1 saturated heterocycles. The number of hydrogen-bond acceptors (Lipinski definition) is 5. The van der Waals surface area contributed by atoms with E-state index in [1.54, 1.807) is 20.8 Å². The predicted octanol–water partition coefficient (Wildman–Crippen LogP) is 6.47. The lowest BCUT2D eigenvalue weighted by Gasteiger charge is -2.39. The summed E-state index contributed by atoms with van der Waals surface area (Å²) in [6.07, 6.45) is 0.127. The second-order valence-corrected chi connectivity index (χ2v) is 11.8. The van der Waals surface area contributed by atoms with E-state index in [1.165, 1.54) is 34.4 Å². The monoisotopic (exact) mass is 525 g/mol. The van der Waals surface area contributed by atoms with Crippen LogP contribution in [-0.2, 0) is 14.3 Å². The van der Waals surface area contributed by atoms with Crippen molar-refractivity contribution in [2.45, 2.75) is 64.6 Å². The Bertz CT molecular complexity index is 1080. The molecule has 34 heavy (non-hydrogen) atoms. The van der Waals surface area contributed by atoms with Gasteiger partial charge in [0.25, 0.3) is 5.91 Å². The molecule has 1 N–H and O–H groups in total. The third kappa shape index (κ3) is 5.26. The lowest BCUT2D eigenvalue weighted by atomic mass is 9.83. The van der Waals surface area contributed by atoms with Crippen molar-refractivity contribution in [1.82, 2.24) is 4.90 Å². The molecule has 0 spiro atoms. The van der Waals surface area contributed by atoms with Crippen molar-refractivity contribution >= 4 is 52.4 Å². The molecule has 1 aliphatic rings. The van der Waals surface area contributed by atoms with E-state index in [4.69, 9.17) is 27.9 Å². The Balaban J connectivity index is 2.23. The molecular weight excluding hydrogens is 497 g/mol. The van der Waals surface area contributed by atoms with Gasteiger partial charge in [-0.15, -0.1) is 11.3 Å². The fourth-order valence-corrected chi connectivity index (χ4v) is 5.80. The Hall–Kier alpha value is -2.09. The smallest absolute Gasteiger partial charge is 0.329 e. The van der Waals surface area contributed by atoms with Crippen LogP contribution in [0.3, 0.4) is 0 Å². The molecule has 6 nitrogen and oxygen atoms in total. The molecule has 0 radical (unpaired) electrons. The maximum atomic E-state index is 14.0. The van der Waals surface area contributed by atoms with Crippen molar-refractivity contribution in [3.63, 3.8) is 0 Å². The number of aliphatic carboxylic acids is 1. The maximum Gasteiger partial charge on any atom is 0.329 e. The van der Waals surface area contributed by atoms with Crippen LogP contribution in [0, 0.1) is 11.8 Å². The third-order valence-electron chi connectivity index (χ3n) is 5.75. The topological polar surface area (TPSA) is 83.9 Å². The highest BCUT2D eigenvalue weighted by Gasteiger charge is 2.61. The summed E-state index contributed by atoms with van der Waals surface area (Å²) in [6.45, 7) is 9.08. The fraction of sp³-hybridized carbons (Fsp3) is 0.480. The van der Waals surface area contributed by atoms with Crippen LogP contribution in [0.4, 0.5) is 0 Å². The molecule has 1 fully saturated rings. The minimum Gasteiger partial charge on any atom is -0.479 e. The number of carbonyl (C=O) groups is 3. The van der Waals surface area contributed by atoms with Gasteiger partial charge in [-0.2, -0.15) is 0 Å². The summed E-state index contributed by atoms with van der Waals surface area (Å²) < 4.78 is 5.69. The summed E-state index contributed by atoms with van der Waals surface area (Å²) in [7, 11) is 0. The number of carboxylic acid groups (broad SMARTS) is 1. The zero-order valence-electron chi connectivity index (χ0n) is 19.8. The third-order valence-corrected chi connectivity index (χ3v) is 7.43. The molecule has 9 heteroatoms. The average molecular weight is 526 g/mol. The second-order valence-electron chi connectivity index (χ2n) is 10.0. The van der Waals surface area contributed by atoms with Gasteiger partial charge in [0, 0.05) is 10.4 Å². The Morgan fingerprint density at radius 1 is 1.21 bits per heavy atom. The quantitative estimate of drug-likeness (QED) is 0.436. The number of likely N-dealkylation sites (tertiary alicyclic amines) is 1. The predicted molar refractivity (Wildman–Crippen MR) is 133 cm³/mol. The van der Waals surface area contributed by atoms with E-state index in [0.29, 0.717) is 0 Å². The molecule has 0 bridgehead atoms. The van der Waals surface area contributed by atoms with Gasteiger partial charge in [-0.05, 0) is 69.2 Å². The first-order chi connectivity index (χ1) is 15.8. The first-order valence-electron chi connectivity index (χ1n) is 11.0. The molecule has 0 aliphatic carbocycles. The molecule has 2 heterocycles. The van der Waals surface area contributed by atoms with E-state index in [-0.39, 0.29) is 34.4 Å². The van der Waals surface area contributed by atoms with Crippen LogP contribution in [0.2, 0.25) is 10.0 Å². The number of esters is 1. The molecule has 3 unspecified atom stereocenters. The molecule has 1 aliphatic heterocycles. The second kappa shape index (κ2) is 9.88. The minimum absolute atomic E-state index is 0.0505. The summed E-state index contributed by atoms with van der Waals surface area (Å²) >= 11 is 13.6. The van der Waals surface area contributed by atoms with Crippen LogP contribution in [0.5, 0.6) is 0 Å². The van der Waals surface area contributed by atoms with Crippen LogP contribution in [0.15, 0.2) is 35.7 Å².